The average Bonchev–Trinajstić information content (AvgIpc) is 3.34. The van der Waals surface area contributed by atoms with Crippen molar-refractivity contribution >= 4 is 33.4 Å². The van der Waals surface area contributed by atoms with Gasteiger partial charge in [0.1, 0.15) is 12.3 Å². The van der Waals surface area contributed by atoms with E-state index in [1.54, 1.807) is 11.2 Å². The van der Waals surface area contributed by atoms with Crippen LogP contribution in [0, 0.1) is 6.92 Å². The number of amides is 1. The number of carbonyl (C=O) groups excluding carboxylic acids is 1. The summed E-state index contributed by atoms with van der Waals surface area (Å²) in [5.41, 5.74) is 3.38. The quantitative estimate of drug-likeness (QED) is 0.362. The van der Waals surface area contributed by atoms with E-state index in [0.717, 1.165) is 22.3 Å². The van der Waals surface area contributed by atoms with Crippen LogP contribution in [-0.2, 0) is 17.9 Å². The third kappa shape index (κ3) is 3.58. The van der Waals surface area contributed by atoms with Crippen molar-refractivity contribution in [1.82, 2.24) is 4.57 Å². The van der Waals surface area contributed by atoms with Gasteiger partial charge in [-0.1, -0.05) is 42.0 Å². The number of aromatic nitrogens is 1. The van der Waals surface area contributed by atoms with Crippen LogP contribution >= 0.6 is 0 Å². The molecule has 0 spiro atoms. The van der Waals surface area contributed by atoms with Gasteiger partial charge in [-0.15, -0.1) is 0 Å². The highest BCUT2D eigenvalue weighted by atomic mass is 16.3. The van der Waals surface area contributed by atoms with Gasteiger partial charge in [-0.3, -0.25) is 9.59 Å². The molecule has 0 saturated heterocycles. The molecule has 2 aromatic heterocycles. The Morgan fingerprint density at radius 2 is 1.47 bits per heavy atom. The van der Waals surface area contributed by atoms with Crippen LogP contribution in [0.25, 0.3) is 21.8 Å². The molecular weight excluding hydrogens is 400 g/mol. The normalized spacial score (nSPS) is 11.2. The summed E-state index contributed by atoms with van der Waals surface area (Å²) in [7, 11) is 0. The van der Waals surface area contributed by atoms with Crippen molar-refractivity contribution < 1.29 is 9.21 Å². The summed E-state index contributed by atoms with van der Waals surface area (Å²) in [6.07, 6.45) is 1.61. The molecule has 5 rings (SSSR count). The second kappa shape index (κ2) is 8.19. The van der Waals surface area contributed by atoms with Gasteiger partial charge < -0.3 is 13.9 Å². The molecule has 0 aliphatic rings. The lowest BCUT2D eigenvalue weighted by molar-refractivity contribution is -0.119. The predicted molar refractivity (Wildman–Crippen MR) is 127 cm³/mol. The molecule has 1 amide bonds. The average molecular weight is 422 g/mol. The highest BCUT2D eigenvalue weighted by molar-refractivity contribution is 5.98. The predicted octanol–water partition coefficient (Wildman–Crippen LogP) is 5.29. The van der Waals surface area contributed by atoms with Crippen LogP contribution in [0.5, 0.6) is 0 Å². The molecule has 5 aromatic rings. The van der Waals surface area contributed by atoms with E-state index in [9.17, 15) is 9.59 Å². The standard InChI is InChI=1S/C27H22N2O3/c1-19-12-14-20(15-13-19)28(17-21-7-6-16-32-21)26(30)18-29-24-10-4-2-8-22(24)27(31)23-9-3-5-11-25(23)29/h2-16H,17-18H2,1H3. The number of carbonyl (C=O) groups is 1. The molecule has 0 radical (unpaired) electrons. The number of anilines is 1. The first-order valence-electron chi connectivity index (χ1n) is 10.5. The lowest BCUT2D eigenvalue weighted by atomic mass is 10.1. The van der Waals surface area contributed by atoms with Crippen LogP contribution in [0.15, 0.2) is 100 Å². The van der Waals surface area contributed by atoms with E-state index in [-0.39, 0.29) is 17.9 Å². The van der Waals surface area contributed by atoms with Gasteiger partial charge in [0.05, 0.1) is 23.8 Å². The van der Waals surface area contributed by atoms with Crippen LogP contribution in [0.4, 0.5) is 5.69 Å². The van der Waals surface area contributed by atoms with Crippen molar-refractivity contribution in [3.05, 3.63) is 113 Å². The molecule has 5 nitrogen and oxygen atoms in total. The molecule has 0 aliphatic heterocycles. The van der Waals surface area contributed by atoms with Crippen molar-refractivity contribution in [2.75, 3.05) is 4.90 Å². The van der Waals surface area contributed by atoms with E-state index in [1.807, 2.05) is 96.4 Å². The SMILES string of the molecule is Cc1ccc(N(Cc2ccco2)C(=O)Cn2c3ccccc3c(=O)c3ccccc32)cc1. The summed E-state index contributed by atoms with van der Waals surface area (Å²) >= 11 is 0. The number of rotatable bonds is 5. The van der Waals surface area contributed by atoms with E-state index in [1.165, 1.54) is 0 Å². The Labute approximate surface area is 185 Å². The summed E-state index contributed by atoms with van der Waals surface area (Å²) in [5.74, 6) is 0.609. The molecule has 0 fully saturated rings. The molecule has 0 N–H and O–H groups in total. The first kappa shape index (κ1) is 19.8. The van der Waals surface area contributed by atoms with E-state index >= 15 is 0 Å². The molecule has 5 heteroatoms. The summed E-state index contributed by atoms with van der Waals surface area (Å²) in [4.78, 5) is 28.4. The van der Waals surface area contributed by atoms with Gasteiger partial charge >= 0.3 is 0 Å². The monoisotopic (exact) mass is 422 g/mol. The number of benzene rings is 3. The molecule has 0 unspecified atom stereocenters. The number of para-hydroxylation sites is 2. The zero-order valence-corrected chi connectivity index (χ0v) is 17.7. The van der Waals surface area contributed by atoms with E-state index in [2.05, 4.69) is 0 Å². The van der Waals surface area contributed by atoms with Gasteiger partial charge in [0.15, 0.2) is 5.43 Å². The molecule has 0 bridgehead atoms. The molecule has 158 valence electrons. The fraction of sp³-hybridized carbons (Fsp3) is 0.111. The molecular formula is C27H22N2O3. The van der Waals surface area contributed by atoms with Crippen LogP contribution in [0.3, 0.4) is 0 Å². The van der Waals surface area contributed by atoms with E-state index in [0.29, 0.717) is 23.1 Å². The molecule has 3 aromatic carbocycles. The number of aryl methyl sites for hydroxylation is 1. The number of pyridine rings is 1. The highest BCUT2D eigenvalue weighted by Crippen LogP contribution is 2.23. The van der Waals surface area contributed by atoms with Gasteiger partial charge in [0.25, 0.3) is 0 Å². The first-order chi connectivity index (χ1) is 15.6. The smallest absolute Gasteiger partial charge is 0.247 e. The Morgan fingerprint density at radius 1 is 0.844 bits per heavy atom. The number of fused-ring (bicyclic) bond motifs is 2. The summed E-state index contributed by atoms with van der Waals surface area (Å²) < 4.78 is 7.45. The zero-order valence-electron chi connectivity index (χ0n) is 17.7. The van der Waals surface area contributed by atoms with Crippen LogP contribution in [0.1, 0.15) is 11.3 Å². The van der Waals surface area contributed by atoms with Gasteiger partial charge in [0.2, 0.25) is 5.91 Å². The lowest BCUT2D eigenvalue weighted by Gasteiger charge is -2.24. The summed E-state index contributed by atoms with van der Waals surface area (Å²) in [6.45, 7) is 2.43. The topological polar surface area (TPSA) is 55.5 Å². The largest absolute Gasteiger partial charge is 0.467 e. The van der Waals surface area contributed by atoms with Crippen LogP contribution < -0.4 is 10.3 Å². The number of nitrogens with zero attached hydrogens (tertiary/aromatic N) is 2. The minimum absolute atomic E-state index is 0.0223. The fourth-order valence-corrected chi connectivity index (χ4v) is 4.07. The van der Waals surface area contributed by atoms with Gasteiger partial charge in [-0.2, -0.15) is 0 Å². The van der Waals surface area contributed by atoms with Gasteiger partial charge in [-0.05, 0) is 55.5 Å². The second-order valence-corrected chi connectivity index (χ2v) is 7.84. The van der Waals surface area contributed by atoms with Crippen LogP contribution in [-0.4, -0.2) is 10.5 Å². The molecule has 0 aliphatic carbocycles. The lowest BCUT2D eigenvalue weighted by Crippen LogP contribution is -2.33. The van der Waals surface area contributed by atoms with Crippen molar-refractivity contribution in [3.8, 4) is 0 Å². The number of hydrogen-bond acceptors (Lipinski definition) is 3. The third-order valence-corrected chi connectivity index (χ3v) is 5.71. The van der Waals surface area contributed by atoms with E-state index < -0.39 is 0 Å². The van der Waals surface area contributed by atoms with Crippen molar-refractivity contribution in [2.24, 2.45) is 0 Å². The van der Waals surface area contributed by atoms with Gasteiger partial charge in [0, 0.05) is 16.5 Å². The molecule has 0 atom stereocenters. The Kier molecular flexibility index (Phi) is 5.07. The Bertz CT molecular complexity index is 1410. The molecule has 2 heterocycles. The zero-order chi connectivity index (χ0) is 22.1. The third-order valence-electron chi connectivity index (χ3n) is 5.71. The van der Waals surface area contributed by atoms with Crippen molar-refractivity contribution in [3.63, 3.8) is 0 Å². The Morgan fingerprint density at radius 3 is 2.06 bits per heavy atom. The van der Waals surface area contributed by atoms with Crippen LogP contribution in [0.2, 0.25) is 0 Å². The molecule has 32 heavy (non-hydrogen) atoms. The fourth-order valence-electron chi connectivity index (χ4n) is 4.07. The maximum atomic E-state index is 13.7. The maximum Gasteiger partial charge on any atom is 0.247 e. The van der Waals surface area contributed by atoms with Crippen molar-refractivity contribution in [2.45, 2.75) is 20.0 Å². The number of furan rings is 1. The second-order valence-electron chi connectivity index (χ2n) is 7.84. The summed E-state index contributed by atoms with van der Waals surface area (Å²) in [5, 5.41) is 1.21. The molecule has 0 saturated carbocycles. The van der Waals surface area contributed by atoms with Gasteiger partial charge in [-0.25, -0.2) is 0 Å². The Balaban J connectivity index is 1.62. The minimum Gasteiger partial charge on any atom is -0.467 e. The minimum atomic E-state index is -0.0933. The summed E-state index contributed by atoms with van der Waals surface area (Å²) in [6, 6.07) is 26.4. The Hall–Kier alpha value is -4.12. The first-order valence-corrected chi connectivity index (χ1v) is 10.5. The van der Waals surface area contributed by atoms with E-state index in [4.69, 9.17) is 4.42 Å². The maximum absolute atomic E-state index is 13.7. The van der Waals surface area contributed by atoms with Crippen molar-refractivity contribution in [1.29, 1.82) is 0 Å². The highest BCUT2D eigenvalue weighted by Gasteiger charge is 2.20. The number of hydrogen-bond donors (Lipinski definition) is 0.